The Balaban J connectivity index is 1.99. The van der Waals surface area contributed by atoms with Crippen molar-refractivity contribution in [3.05, 3.63) is 64.6 Å². The highest BCUT2D eigenvalue weighted by Crippen LogP contribution is 2.17. The number of aromatic nitrogens is 5. The molecule has 0 fully saturated rings. The van der Waals surface area contributed by atoms with Gasteiger partial charge >= 0.3 is 0 Å². The van der Waals surface area contributed by atoms with Gasteiger partial charge in [-0.15, -0.1) is 0 Å². The zero-order chi connectivity index (χ0) is 16.9. The van der Waals surface area contributed by atoms with E-state index in [1.54, 1.807) is 29.3 Å². The van der Waals surface area contributed by atoms with Crippen molar-refractivity contribution in [3.8, 4) is 5.82 Å². The Morgan fingerprint density at radius 3 is 2.88 bits per heavy atom. The van der Waals surface area contributed by atoms with Gasteiger partial charge in [0.25, 0.3) is 0 Å². The molecule has 6 nitrogen and oxygen atoms in total. The van der Waals surface area contributed by atoms with Crippen LogP contribution in [0.1, 0.15) is 36.0 Å². The monoisotopic (exact) mass is 340 g/mol. The van der Waals surface area contributed by atoms with Crippen molar-refractivity contribution in [3.63, 3.8) is 0 Å². The molecule has 3 aromatic rings. The number of hydrogen-bond donors (Lipinski definition) is 1. The molecule has 7 heteroatoms. The lowest BCUT2D eigenvalue weighted by molar-refractivity contribution is 0.774. The van der Waals surface area contributed by atoms with Crippen LogP contribution in [-0.2, 0) is 12.8 Å². The van der Waals surface area contributed by atoms with Crippen LogP contribution < -0.4 is 0 Å². The Labute approximate surface area is 145 Å². The van der Waals surface area contributed by atoms with Crippen molar-refractivity contribution >= 4 is 17.8 Å². The third-order valence-electron chi connectivity index (χ3n) is 3.63. The summed E-state index contributed by atoms with van der Waals surface area (Å²) in [5.74, 6) is 0.631. The van der Waals surface area contributed by atoms with Crippen molar-refractivity contribution in [2.24, 2.45) is 0 Å². The van der Waals surface area contributed by atoms with Crippen molar-refractivity contribution in [1.29, 1.82) is 5.41 Å². The van der Waals surface area contributed by atoms with Gasteiger partial charge in [-0.1, -0.05) is 24.9 Å². The summed E-state index contributed by atoms with van der Waals surface area (Å²) in [5.41, 5.74) is 3.44. The predicted octanol–water partition coefficient (Wildman–Crippen LogP) is 3.25. The summed E-state index contributed by atoms with van der Waals surface area (Å²) in [6.07, 6.45) is 8.64. The van der Waals surface area contributed by atoms with Gasteiger partial charge in [-0.3, -0.25) is 4.98 Å². The van der Waals surface area contributed by atoms with Crippen LogP contribution in [0.15, 0.2) is 36.8 Å². The van der Waals surface area contributed by atoms with Crippen LogP contribution in [0.5, 0.6) is 0 Å². The molecule has 0 atom stereocenters. The summed E-state index contributed by atoms with van der Waals surface area (Å²) in [4.78, 5) is 13.2. The van der Waals surface area contributed by atoms with Gasteiger partial charge in [0.05, 0.1) is 23.3 Å². The van der Waals surface area contributed by atoms with Crippen LogP contribution >= 0.6 is 11.6 Å². The Bertz CT molecular complexity index is 858. The van der Waals surface area contributed by atoms with Crippen LogP contribution in [0.25, 0.3) is 5.82 Å². The van der Waals surface area contributed by atoms with E-state index in [9.17, 15) is 0 Å². The molecular formula is C17H17ClN6. The van der Waals surface area contributed by atoms with Crippen molar-refractivity contribution < 1.29 is 0 Å². The van der Waals surface area contributed by atoms with E-state index in [0.29, 0.717) is 23.0 Å². The number of nitrogens with zero attached hydrogens (tertiary/aromatic N) is 5. The number of aryl methyl sites for hydroxylation is 1. The van der Waals surface area contributed by atoms with E-state index >= 15 is 0 Å². The molecule has 3 heterocycles. The smallest absolute Gasteiger partial charge is 0.162 e. The summed E-state index contributed by atoms with van der Waals surface area (Å²) < 4.78 is 1.74. The van der Waals surface area contributed by atoms with E-state index in [2.05, 4.69) is 27.0 Å². The van der Waals surface area contributed by atoms with Gasteiger partial charge < -0.3 is 5.41 Å². The molecule has 3 aromatic heterocycles. The number of rotatable bonds is 6. The molecule has 1 N–H and O–H groups in total. The van der Waals surface area contributed by atoms with Crippen LogP contribution in [0, 0.1) is 5.41 Å². The van der Waals surface area contributed by atoms with E-state index in [1.165, 1.54) is 6.21 Å². The normalized spacial score (nSPS) is 10.8. The molecule has 3 rings (SSSR count). The zero-order valence-corrected chi connectivity index (χ0v) is 14.0. The molecule has 0 spiro atoms. The van der Waals surface area contributed by atoms with Gasteiger partial charge in [-0.05, 0) is 24.6 Å². The molecule has 0 aliphatic rings. The maximum atomic E-state index is 7.55. The third kappa shape index (κ3) is 3.33. The average Bonchev–Trinajstić information content (AvgIpc) is 3.05. The second kappa shape index (κ2) is 7.31. The highest BCUT2D eigenvalue weighted by molar-refractivity contribution is 6.29. The first-order chi connectivity index (χ1) is 11.7. The van der Waals surface area contributed by atoms with Gasteiger partial charge in [-0.25, -0.2) is 14.6 Å². The van der Waals surface area contributed by atoms with Crippen LogP contribution in [0.4, 0.5) is 0 Å². The minimum atomic E-state index is 0.409. The maximum absolute atomic E-state index is 7.55. The van der Waals surface area contributed by atoms with Crippen LogP contribution in [0.2, 0.25) is 5.15 Å². The molecule has 0 aliphatic heterocycles. The SMILES string of the molecule is CCCc1nc(Cl)cnc1Cc1ccnn1-c1ncccc1C=N. The van der Waals surface area contributed by atoms with Gasteiger partial charge in [-0.2, -0.15) is 5.10 Å². The van der Waals surface area contributed by atoms with E-state index in [-0.39, 0.29) is 0 Å². The fraction of sp³-hybridized carbons (Fsp3) is 0.235. The standard InChI is InChI=1S/C17H17ClN6/c1-2-4-14-15(21-11-16(18)23-14)9-13-6-8-22-24(13)17-12(10-19)5-3-7-20-17/h3,5-8,10-11,19H,2,4,9H2,1H3. The summed E-state index contributed by atoms with van der Waals surface area (Å²) in [7, 11) is 0. The first-order valence-corrected chi connectivity index (χ1v) is 8.09. The highest BCUT2D eigenvalue weighted by Gasteiger charge is 2.14. The lowest BCUT2D eigenvalue weighted by Crippen LogP contribution is -2.10. The first-order valence-electron chi connectivity index (χ1n) is 7.72. The number of pyridine rings is 1. The molecule has 24 heavy (non-hydrogen) atoms. The predicted molar refractivity (Wildman–Crippen MR) is 93.1 cm³/mol. The average molecular weight is 341 g/mol. The minimum Gasteiger partial charge on any atom is -0.308 e. The van der Waals surface area contributed by atoms with E-state index in [1.807, 2.05) is 12.1 Å². The summed E-state index contributed by atoms with van der Waals surface area (Å²) in [6.45, 7) is 2.10. The number of nitrogens with one attached hydrogen (secondary N) is 1. The molecule has 0 aliphatic carbocycles. The fourth-order valence-electron chi connectivity index (χ4n) is 2.54. The largest absolute Gasteiger partial charge is 0.308 e. The first kappa shape index (κ1) is 16.3. The Kier molecular flexibility index (Phi) is 4.96. The van der Waals surface area contributed by atoms with Crippen LogP contribution in [0.3, 0.4) is 0 Å². The number of hydrogen-bond acceptors (Lipinski definition) is 5. The molecule has 0 amide bonds. The minimum absolute atomic E-state index is 0.409. The second-order valence-electron chi connectivity index (χ2n) is 5.31. The second-order valence-corrected chi connectivity index (χ2v) is 5.70. The topological polar surface area (TPSA) is 80.3 Å². The van der Waals surface area contributed by atoms with Gasteiger partial charge in [0, 0.05) is 30.6 Å². The molecule has 0 bridgehead atoms. The molecule has 0 radical (unpaired) electrons. The van der Waals surface area contributed by atoms with Gasteiger partial charge in [0.15, 0.2) is 5.82 Å². The van der Waals surface area contributed by atoms with Crippen LogP contribution in [-0.4, -0.2) is 30.9 Å². The Morgan fingerprint density at radius 1 is 1.21 bits per heavy atom. The van der Waals surface area contributed by atoms with E-state index < -0.39 is 0 Å². The Hall–Kier alpha value is -2.60. The fourth-order valence-corrected chi connectivity index (χ4v) is 2.69. The molecule has 0 saturated carbocycles. The third-order valence-corrected chi connectivity index (χ3v) is 3.81. The summed E-state index contributed by atoms with van der Waals surface area (Å²) in [6, 6.07) is 5.57. The quantitative estimate of drug-likeness (QED) is 0.698. The summed E-state index contributed by atoms with van der Waals surface area (Å²) in [5, 5.41) is 12.3. The zero-order valence-electron chi connectivity index (χ0n) is 13.3. The molecular weight excluding hydrogens is 324 g/mol. The van der Waals surface area contributed by atoms with Gasteiger partial charge in [0.2, 0.25) is 0 Å². The summed E-state index contributed by atoms with van der Waals surface area (Å²) >= 11 is 5.98. The van der Waals surface area contributed by atoms with Crippen molar-refractivity contribution in [2.45, 2.75) is 26.2 Å². The number of halogens is 1. The van der Waals surface area contributed by atoms with Crippen molar-refractivity contribution in [1.82, 2.24) is 24.7 Å². The molecule has 0 unspecified atom stereocenters. The highest BCUT2D eigenvalue weighted by atomic mass is 35.5. The maximum Gasteiger partial charge on any atom is 0.162 e. The van der Waals surface area contributed by atoms with E-state index in [0.717, 1.165) is 29.9 Å². The molecule has 0 aromatic carbocycles. The molecule has 0 saturated heterocycles. The van der Waals surface area contributed by atoms with Crippen molar-refractivity contribution in [2.75, 3.05) is 0 Å². The lowest BCUT2D eigenvalue weighted by atomic mass is 10.1. The van der Waals surface area contributed by atoms with Gasteiger partial charge in [0.1, 0.15) is 5.15 Å². The van der Waals surface area contributed by atoms with E-state index in [4.69, 9.17) is 17.0 Å². The molecule has 122 valence electrons. The Morgan fingerprint density at radius 2 is 2.08 bits per heavy atom. The lowest BCUT2D eigenvalue weighted by Gasteiger charge is -2.11.